The van der Waals surface area contributed by atoms with Gasteiger partial charge in [0, 0.05) is 0 Å². The molecule has 0 amide bonds. The molecule has 6 heteroatoms. The van der Waals surface area contributed by atoms with E-state index >= 15 is 0 Å². The molecule has 5 nitrogen and oxygen atoms in total. The lowest BCUT2D eigenvalue weighted by Gasteiger charge is -2.06. The lowest BCUT2D eigenvalue weighted by atomic mass is 10.1. The summed E-state index contributed by atoms with van der Waals surface area (Å²) in [6.45, 7) is 1.54. The third kappa shape index (κ3) is 5.09. The summed E-state index contributed by atoms with van der Waals surface area (Å²) in [5.74, 6) is -1.39. The minimum atomic E-state index is -3.97. The van der Waals surface area contributed by atoms with Gasteiger partial charge in [0.15, 0.2) is 0 Å². The minimum absolute atomic E-state index is 0.0749. The molecule has 0 saturated heterocycles. The van der Waals surface area contributed by atoms with Gasteiger partial charge in [-0.2, -0.15) is 8.42 Å². The molecule has 1 N–H and O–H groups in total. The van der Waals surface area contributed by atoms with Gasteiger partial charge >= 0.3 is 5.97 Å². The van der Waals surface area contributed by atoms with Crippen LogP contribution in [0.3, 0.4) is 0 Å². The van der Waals surface area contributed by atoms with Gasteiger partial charge in [-0.15, -0.1) is 0 Å². The average Bonchev–Trinajstić information content (AvgIpc) is 1.97. The molecule has 0 radical (unpaired) electrons. The first-order chi connectivity index (χ1) is 5.37. The molecule has 0 aromatic carbocycles. The molecular formula is C6H12O5S. The van der Waals surface area contributed by atoms with Crippen molar-refractivity contribution < 1.29 is 22.5 Å². The Bertz CT molecular complexity index is 243. The van der Waals surface area contributed by atoms with Crippen molar-refractivity contribution in [2.75, 3.05) is 12.9 Å². The third-order valence-electron chi connectivity index (χ3n) is 1.41. The number of rotatable bonds is 4. The molecule has 12 heavy (non-hydrogen) atoms. The van der Waals surface area contributed by atoms with E-state index in [9.17, 15) is 13.2 Å². The van der Waals surface area contributed by atoms with E-state index in [1.807, 2.05) is 0 Å². The molecule has 72 valence electrons. The first-order valence-electron chi connectivity index (χ1n) is 3.40. The van der Waals surface area contributed by atoms with Crippen molar-refractivity contribution in [1.29, 1.82) is 0 Å². The molecule has 0 saturated carbocycles. The van der Waals surface area contributed by atoms with Crippen LogP contribution >= 0.6 is 0 Å². The Morgan fingerprint density at radius 2 is 2.08 bits per heavy atom. The van der Waals surface area contributed by atoms with E-state index in [0.29, 0.717) is 0 Å². The second kappa shape index (κ2) is 4.42. The number of carbonyl (C=O) groups excluding carboxylic acids is 1. The van der Waals surface area contributed by atoms with E-state index in [1.54, 1.807) is 0 Å². The van der Waals surface area contributed by atoms with Crippen molar-refractivity contribution in [3.8, 4) is 0 Å². The van der Waals surface area contributed by atoms with Crippen molar-refractivity contribution in [2.45, 2.75) is 13.3 Å². The Hall–Kier alpha value is -0.620. The third-order valence-corrected chi connectivity index (χ3v) is 2.16. The molecule has 0 aliphatic rings. The monoisotopic (exact) mass is 196 g/mol. The van der Waals surface area contributed by atoms with E-state index in [-0.39, 0.29) is 6.42 Å². The number of carbonyl (C=O) groups is 1. The number of hydrogen-bond acceptors (Lipinski definition) is 4. The molecule has 0 heterocycles. The highest BCUT2D eigenvalue weighted by Gasteiger charge is 2.16. The van der Waals surface area contributed by atoms with Gasteiger partial charge in [-0.25, -0.2) is 0 Å². The number of hydrogen-bond donors (Lipinski definition) is 1. The number of methoxy groups -OCH3 is 1. The minimum Gasteiger partial charge on any atom is -0.469 e. The van der Waals surface area contributed by atoms with Crippen LogP contribution in [-0.4, -0.2) is 31.8 Å². The zero-order valence-corrected chi connectivity index (χ0v) is 7.80. The van der Waals surface area contributed by atoms with Gasteiger partial charge in [-0.3, -0.25) is 9.35 Å². The first kappa shape index (κ1) is 11.4. The fourth-order valence-corrected chi connectivity index (χ4v) is 1.30. The lowest BCUT2D eigenvalue weighted by molar-refractivity contribution is -0.144. The highest BCUT2D eigenvalue weighted by Crippen LogP contribution is 2.05. The Balaban J connectivity index is 3.88. The molecule has 0 fully saturated rings. The summed E-state index contributed by atoms with van der Waals surface area (Å²) < 4.78 is 33.2. The van der Waals surface area contributed by atoms with E-state index < -0.39 is 27.8 Å². The molecule has 0 aromatic rings. The van der Waals surface area contributed by atoms with Crippen LogP contribution in [0.25, 0.3) is 0 Å². The van der Waals surface area contributed by atoms with E-state index in [0.717, 1.165) is 0 Å². The van der Waals surface area contributed by atoms with Gasteiger partial charge in [-0.05, 0) is 6.42 Å². The van der Waals surface area contributed by atoms with Crippen molar-refractivity contribution in [3.63, 3.8) is 0 Å². The summed E-state index contributed by atoms with van der Waals surface area (Å²) in [6, 6.07) is 0. The summed E-state index contributed by atoms with van der Waals surface area (Å²) in [5.41, 5.74) is 0. The predicted molar refractivity (Wildman–Crippen MR) is 42.2 cm³/mol. The molecule has 0 aliphatic carbocycles. The fraction of sp³-hybridized carbons (Fsp3) is 0.833. The van der Waals surface area contributed by atoms with Crippen LogP contribution in [0, 0.1) is 5.92 Å². The fourth-order valence-electron chi connectivity index (χ4n) is 0.645. The van der Waals surface area contributed by atoms with Crippen LogP contribution in [0.1, 0.15) is 13.3 Å². The van der Waals surface area contributed by atoms with E-state index in [1.165, 1.54) is 14.0 Å². The largest absolute Gasteiger partial charge is 0.469 e. The van der Waals surface area contributed by atoms with Gasteiger partial charge in [-0.1, -0.05) is 6.92 Å². The first-order valence-corrected chi connectivity index (χ1v) is 5.00. The Kier molecular flexibility index (Phi) is 4.19. The van der Waals surface area contributed by atoms with Crippen LogP contribution in [-0.2, 0) is 19.6 Å². The van der Waals surface area contributed by atoms with Gasteiger partial charge in [0.05, 0.1) is 18.8 Å². The van der Waals surface area contributed by atoms with Crippen LogP contribution in [0.15, 0.2) is 0 Å². The van der Waals surface area contributed by atoms with Gasteiger partial charge in [0.25, 0.3) is 10.1 Å². The standard InChI is InChI=1S/C6H12O5S/c1-5(6(7)11-2)3-4-12(8,9)10/h5H,3-4H2,1-2H3,(H,8,9,10). The molecular weight excluding hydrogens is 184 g/mol. The molecule has 0 spiro atoms. The summed E-state index contributed by atoms with van der Waals surface area (Å²) in [6.07, 6.45) is 0.0749. The summed E-state index contributed by atoms with van der Waals surface area (Å²) in [7, 11) is -2.74. The van der Waals surface area contributed by atoms with Gasteiger partial charge < -0.3 is 4.74 Å². The van der Waals surface area contributed by atoms with Gasteiger partial charge in [0.2, 0.25) is 0 Å². The van der Waals surface area contributed by atoms with E-state index in [4.69, 9.17) is 4.55 Å². The topological polar surface area (TPSA) is 80.7 Å². The zero-order valence-electron chi connectivity index (χ0n) is 6.98. The average molecular weight is 196 g/mol. The van der Waals surface area contributed by atoms with E-state index in [2.05, 4.69) is 4.74 Å². The maximum absolute atomic E-state index is 10.7. The molecule has 0 bridgehead atoms. The summed E-state index contributed by atoms with van der Waals surface area (Å²) in [5, 5.41) is 0. The molecule has 1 unspecified atom stereocenters. The predicted octanol–water partition coefficient (Wildman–Crippen LogP) is 0.0734. The van der Waals surface area contributed by atoms with Crippen LogP contribution in [0.5, 0.6) is 0 Å². The Morgan fingerprint density at radius 3 is 2.42 bits per heavy atom. The normalized spacial score (nSPS) is 13.9. The molecule has 0 aliphatic heterocycles. The summed E-state index contributed by atoms with van der Waals surface area (Å²) in [4.78, 5) is 10.7. The molecule has 0 aromatic heterocycles. The van der Waals surface area contributed by atoms with Crippen LogP contribution in [0.2, 0.25) is 0 Å². The second-order valence-corrected chi connectivity index (χ2v) is 4.07. The van der Waals surface area contributed by atoms with Crippen molar-refractivity contribution in [1.82, 2.24) is 0 Å². The highest BCUT2D eigenvalue weighted by molar-refractivity contribution is 7.85. The molecule has 1 atom stereocenters. The quantitative estimate of drug-likeness (QED) is 0.508. The smallest absolute Gasteiger partial charge is 0.308 e. The summed E-state index contributed by atoms with van der Waals surface area (Å²) >= 11 is 0. The SMILES string of the molecule is COC(=O)C(C)CCS(=O)(=O)O. The van der Waals surface area contributed by atoms with Crippen LogP contribution < -0.4 is 0 Å². The number of esters is 1. The lowest BCUT2D eigenvalue weighted by Crippen LogP contribution is -2.16. The van der Waals surface area contributed by atoms with Crippen molar-refractivity contribution >= 4 is 16.1 Å². The van der Waals surface area contributed by atoms with Gasteiger partial charge in [0.1, 0.15) is 0 Å². The van der Waals surface area contributed by atoms with Crippen molar-refractivity contribution in [2.24, 2.45) is 5.92 Å². The molecule has 0 rings (SSSR count). The Morgan fingerprint density at radius 1 is 1.58 bits per heavy atom. The maximum Gasteiger partial charge on any atom is 0.308 e. The maximum atomic E-state index is 10.7. The van der Waals surface area contributed by atoms with Crippen LogP contribution in [0.4, 0.5) is 0 Å². The Labute approximate surface area is 71.5 Å². The van der Waals surface area contributed by atoms with Crippen molar-refractivity contribution in [3.05, 3.63) is 0 Å². The second-order valence-electron chi connectivity index (χ2n) is 2.50. The zero-order chi connectivity index (χ0) is 9.78. The number of ether oxygens (including phenoxy) is 1. The highest BCUT2D eigenvalue weighted by atomic mass is 32.2.